The van der Waals surface area contributed by atoms with Crippen LogP contribution in [0.15, 0.2) is 18.2 Å². The average molecular weight is 346 g/mol. The number of carbonyl (C=O) groups excluding carboxylic acids is 1. The number of aryl methyl sites for hydroxylation is 1. The molecule has 2 heterocycles. The Morgan fingerprint density at radius 1 is 1.48 bits per heavy atom. The number of amides is 1. The van der Waals surface area contributed by atoms with Gasteiger partial charge in [0.2, 0.25) is 5.91 Å². The number of imidazole rings is 1. The van der Waals surface area contributed by atoms with E-state index in [2.05, 4.69) is 34.0 Å². The molecule has 1 aliphatic rings. The first kappa shape index (κ1) is 17.9. The minimum Gasteiger partial charge on any atom is -0.356 e. The predicted molar refractivity (Wildman–Crippen MR) is 96.8 cm³/mol. The van der Waals surface area contributed by atoms with Gasteiger partial charge in [0.15, 0.2) is 0 Å². The number of likely N-dealkylation sites (tertiary alicyclic amines) is 1. The number of piperidine rings is 1. The Hall–Kier alpha value is -1.95. The molecule has 0 radical (unpaired) electrons. The van der Waals surface area contributed by atoms with Crippen LogP contribution in [0.25, 0.3) is 11.0 Å². The lowest BCUT2D eigenvalue weighted by Crippen LogP contribution is -2.45. The zero-order valence-electron chi connectivity index (χ0n) is 15.0. The van der Waals surface area contributed by atoms with E-state index >= 15 is 0 Å². The van der Waals surface area contributed by atoms with Crippen LogP contribution in [0, 0.1) is 11.7 Å². The molecule has 0 saturated carbocycles. The maximum Gasteiger partial charge on any atom is 0.224 e. The first-order chi connectivity index (χ1) is 12.0. The number of fused-ring (bicyclic) bond motifs is 1. The third-order valence-corrected chi connectivity index (χ3v) is 4.94. The molecule has 1 amide bonds. The fraction of sp³-hybridized carbons (Fsp3) is 0.579. The van der Waals surface area contributed by atoms with Crippen molar-refractivity contribution in [3.63, 3.8) is 0 Å². The maximum atomic E-state index is 13.2. The zero-order valence-corrected chi connectivity index (χ0v) is 15.0. The molecule has 2 N–H and O–H groups in total. The van der Waals surface area contributed by atoms with Gasteiger partial charge in [0.1, 0.15) is 11.6 Å². The molecule has 0 spiro atoms. The van der Waals surface area contributed by atoms with Crippen molar-refractivity contribution in [3.05, 3.63) is 29.8 Å². The summed E-state index contributed by atoms with van der Waals surface area (Å²) in [7, 11) is 0. The molecule has 1 aliphatic heterocycles. The Kier molecular flexibility index (Phi) is 5.68. The first-order valence-electron chi connectivity index (χ1n) is 9.19. The van der Waals surface area contributed by atoms with Crippen LogP contribution < -0.4 is 5.32 Å². The van der Waals surface area contributed by atoms with Gasteiger partial charge in [-0.05, 0) is 57.9 Å². The van der Waals surface area contributed by atoms with Crippen LogP contribution in [0.5, 0.6) is 0 Å². The van der Waals surface area contributed by atoms with E-state index in [4.69, 9.17) is 0 Å². The van der Waals surface area contributed by atoms with Crippen molar-refractivity contribution in [2.45, 2.75) is 45.6 Å². The molecule has 0 unspecified atom stereocenters. The van der Waals surface area contributed by atoms with E-state index in [1.54, 1.807) is 6.07 Å². The topological polar surface area (TPSA) is 61.0 Å². The largest absolute Gasteiger partial charge is 0.356 e. The van der Waals surface area contributed by atoms with Crippen LogP contribution >= 0.6 is 0 Å². The van der Waals surface area contributed by atoms with E-state index in [1.165, 1.54) is 12.1 Å². The Balaban J connectivity index is 1.43. The van der Waals surface area contributed by atoms with Gasteiger partial charge in [-0.15, -0.1) is 0 Å². The monoisotopic (exact) mass is 346 g/mol. The van der Waals surface area contributed by atoms with Crippen LogP contribution in [0.4, 0.5) is 4.39 Å². The van der Waals surface area contributed by atoms with Crippen molar-refractivity contribution in [1.29, 1.82) is 0 Å². The van der Waals surface area contributed by atoms with Crippen LogP contribution in [-0.2, 0) is 11.2 Å². The summed E-state index contributed by atoms with van der Waals surface area (Å²) in [4.78, 5) is 22.3. The van der Waals surface area contributed by atoms with Crippen molar-refractivity contribution < 1.29 is 9.18 Å². The second kappa shape index (κ2) is 7.95. The average Bonchev–Trinajstić information content (AvgIpc) is 3.00. The summed E-state index contributed by atoms with van der Waals surface area (Å²) in [5.74, 6) is 0.832. The summed E-state index contributed by atoms with van der Waals surface area (Å²) in [5.41, 5.74) is 1.49. The number of hydrogen-bond acceptors (Lipinski definition) is 3. The van der Waals surface area contributed by atoms with Gasteiger partial charge in [0.05, 0.1) is 17.0 Å². The predicted octanol–water partition coefficient (Wildman–Crippen LogP) is 2.87. The molecule has 136 valence electrons. The van der Waals surface area contributed by atoms with Crippen molar-refractivity contribution in [2.75, 3.05) is 19.6 Å². The maximum absolute atomic E-state index is 13.2. The molecule has 2 aromatic rings. The highest BCUT2D eigenvalue weighted by Gasteiger charge is 2.26. The van der Waals surface area contributed by atoms with Crippen molar-refractivity contribution in [1.82, 2.24) is 20.2 Å². The van der Waals surface area contributed by atoms with Gasteiger partial charge in [-0.1, -0.05) is 0 Å². The number of hydrogen-bond donors (Lipinski definition) is 2. The molecule has 0 aliphatic carbocycles. The van der Waals surface area contributed by atoms with Gasteiger partial charge in [0.25, 0.3) is 0 Å². The summed E-state index contributed by atoms with van der Waals surface area (Å²) in [5, 5.41) is 3.06. The molecular formula is C19H27FN4O. The van der Waals surface area contributed by atoms with Gasteiger partial charge in [-0.2, -0.15) is 0 Å². The minimum absolute atomic E-state index is 0.102. The second-order valence-electron chi connectivity index (χ2n) is 7.17. The van der Waals surface area contributed by atoms with Gasteiger partial charge >= 0.3 is 0 Å². The lowest BCUT2D eigenvalue weighted by molar-refractivity contribution is -0.126. The first-order valence-corrected chi connectivity index (χ1v) is 9.19. The van der Waals surface area contributed by atoms with E-state index < -0.39 is 0 Å². The second-order valence-corrected chi connectivity index (χ2v) is 7.17. The van der Waals surface area contributed by atoms with Crippen LogP contribution in [0.2, 0.25) is 0 Å². The minimum atomic E-state index is -0.266. The van der Waals surface area contributed by atoms with Gasteiger partial charge < -0.3 is 15.2 Å². The number of H-pyrrole nitrogens is 1. The molecule has 1 aromatic carbocycles. The molecule has 1 fully saturated rings. The lowest BCUT2D eigenvalue weighted by atomic mass is 9.96. The molecule has 6 heteroatoms. The number of nitrogens with zero attached hydrogens (tertiary/aromatic N) is 2. The Bertz CT molecular complexity index is 727. The number of rotatable bonds is 6. The van der Waals surface area contributed by atoms with E-state index in [0.717, 1.165) is 55.6 Å². The molecule has 1 aromatic heterocycles. The standard InChI is InChI=1S/C19H27FN4O/c1-13(2)24-10-4-5-14(12-24)19(25)21-9-3-6-18-22-16-8-7-15(20)11-17(16)23-18/h7-8,11,13-14H,3-6,9-10,12H2,1-2H3,(H,21,25)(H,22,23)/t14-/m1/s1. The smallest absolute Gasteiger partial charge is 0.224 e. The molecule has 3 rings (SSSR count). The molecule has 1 saturated heterocycles. The molecule has 5 nitrogen and oxygen atoms in total. The molecule has 25 heavy (non-hydrogen) atoms. The van der Waals surface area contributed by atoms with E-state index in [0.29, 0.717) is 12.6 Å². The van der Waals surface area contributed by atoms with Gasteiger partial charge in [-0.25, -0.2) is 9.37 Å². The number of aromatic amines is 1. The summed E-state index contributed by atoms with van der Waals surface area (Å²) in [6.07, 6.45) is 3.62. The number of nitrogens with one attached hydrogen (secondary N) is 2. The van der Waals surface area contributed by atoms with Crippen molar-refractivity contribution in [2.24, 2.45) is 5.92 Å². The summed E-state index contributed by atoms with van der Waals surface area (Å²) in [6, 6.07) is 5.04. The fourth-order valence-corrected chi connectivity index (χ4v) is 3.45. The number of aromatic nitrogens is 2. The highest BCUT2D eigenvalue weighted by atomic mass is 19.1. The van der Waals surface area contributed by atoms with Crippen LogP contribution in [-0.4, -0.2) is 46.5 Å². The van der Waals surface area contributed by atoms with E-state index in [-0.39, 0.29) is 17.6 Å². The third kappa shape index (κ3) is 4.57. The highest BCUT2D eigenvalue weighted by molar-refractivity contribution is 5.79. The van der Waals surface area contributed by atoms with Crippen LogP contribution in [0.3, 0.4) is 0 Å². The SMILES string of the molecule is CC(C)N1CCC[C@@H](C(=O)NCCCc2nc3ccc(F)cc3[nH]2)C1. The third-order valence-electron chi connectivity index (χ3n) is 4.94. The zero-order chi connectivity index (χ0) is 17.8. The van der Waals surface area contributed by atoms with Gasteiger partial charge in [0, 0.05) is 25.6 Å². The van der Waals surface area contributed by atoms with E-state index in [9.17, 15) is 9.18 Å². The molecular weight excluding hydrogens is 319 g/mol. The number of benzene rings is 1. The summed E-state index contributed by atoms with van der Waals surface area (Å²) >= 11 is 0. The lowest BCUT2D eigenvalue weighted by Gasteiger charge is -2.34. The number of halogens is 1. The Morgan fingerprint density at radius 2 is 2.32 bits per heavy atom. The fourth-order valence-electron chi connectivity index (χ4n) is 3.45. The Labute approximate surface area is 148 Å². The van der Waals surface area contributed by atoms with Crippen molar-refractivity contribution in [3.8, 4) is 0 Å². The summed E-state index contributed by atoms with van der Waals surface area (Å²) in [6.45, 7) is 6.95. The number of carbonyl (C=O) groups is 1. The summed E-state index contributed by atoms with van der Waals surface area (Å²) < 4.78 is 13.2. The molecule has 0 bridgehead atoms. The van der Waals surface area contributed by atoms with Crippen molar-refractivity contribution >= 4 is 16.9 Å². The van der Waals surface area contributed by atoms with Crippen LogP contribution in [0.1, 0.15) is 38.9 Å². The molecule has 1 atom stereocenters. The van der Waals surface area contributed by atoms with Gasteiger partial charge in [-0.3, -0.25) is 4.79 Å². The highest BCUT2D eigenvalue weighted by Crippen LogP contribution is 2.18. The Morgan fingerprint density at radius 3 is 3.12 bits per heavy atom. The van der Waals surface area contributed by atoms with E-state index in [1.807, 2.05) is 0 Å². The quantitative estimate of drug-likeness (QED) is 0.791. The normalized spacial score (nSPS) is 18.8.